The molecule has 0 bridgehead atoms. The number of amides is 1. The summed E-state index contributed by atoms with van der Waals surface area (Å²) in [6.45, 7) is 6.17. The van der Waals surface area contributed by atoms with Crippen molar-refractivity contribution in [3.63, 3.8) is 0 Å². The molecule has 0 saturated heterocycles. The molecule has 112 valence electrons. The summed E-state index contributed by atoms with van der Waals surface area (Å²) in [5.74, 6) is 1.05. The van der Waals surface area contributed by atoms with Gasteiger partial charge in [0.15, 0.2) is 11.5 Å². The van der Waals surface area contributed by atoms with Crippen molar-refractivity contribution in [2.75, 3.05) is 20.3 Å². The Morgan fingerprint density at radius 1 is 1.35 bits per heavy atom. The molecule has 1 rings (SSSR count). The van der Waals surface area contributed by atoms with Crippen LogP contribution < -0.4 is 14.8 Å². The molecule has 1 atom stereocenters. The minimum absolute atomic E-state index is 0.0854. The Morgan fingerprint density at radius 2 is 2.05 bits per heavy atom. The van der Waals surface area contributed by atoms with Gasteiger partial charge in [-0.3, -0.25) is 4.79 Å². The van der Waals surface area contributed by atoms with Crippen LogP contribution in [0.2, 0.25) is 0 Å². The van der Waals surface area contributed by atoms with E-state index >= 15 is 0 Å². The zero-order valence-corrected chi connectivity index (χ0v) is 12.5. The maximum Gasteiger partial charge on any atom is 0.251 e. The van der Waals surface area contributed by atoms with Crippen molar-refractivity contribution >= 4 is 5.91 Å². The summed E-state index contributed by atoms with van der Waals surface area (Å²) in [5, 5.41) is 12.1. The van der Waals surface area contributed by atoms with Crippen molar-refractivity contribution < 1.29 is 19.4 Å². The second-order valence-corrected chi connectivity index (χ2v) is 4.81. The van der Waals surface area contributed by atoms with Gasteiger partial charge in [0, 0.05) is 5.56 Å². The maximum absolute atomic E-state index is 12.2. The van der Waals surface area contributed by atoms with Crippen LogP contribution in [0.5, 0.6) is 11.5 Å². The van der Waals surface area contributed by atoms with Gasteiger partial charge in [0.05, 0.1) is 26.4 Å². The molecule has 0 aromatic heterocycles. The van der Waals surface area contributed by atoms with Crippen molar-refractivity contribution in [2.24, 2.45) is 5.92 Å². The van der Waals surface area contributed by atoms with Crippen molar-refractivity contribution in [3.8, 4) is 11.5 Å². The van der Waals surface area contributed by atoms with Gasteiger partial charge in [-0.2, -0.15) is 0 Å². The quantitative estimate of drug-likeness (QED) is 0.800. The first-order valence-corrected chi connectivity index (χ1v) is 6.76. The third-order valence-corrected chi connectivity index (χ3v) is 3.04. The van der Waals surface area contributed by atoms with E-state index in [2.05, 4.69) is 5.32 Å². The second-order valence-electron chi connectivity index (χ2n) is 4.81. The van der Waals surface area contributed by atoms with Gasteiger partial charge in [0.25, 0.3) is 5.91 Å². The summed E-state index contributed by atoms with van der Waals surface area (Å²) in [5.41, 5.74) is 0.480. The molecule has 0 saturated carbocycles. The van der Waals surface area contributed by atoms with Crippen molar-refractivity contribution in [2.45, 2.75) is 26.8 Å². The largest absolute Gasteiger partial charge is 0.493 e. The number of benzene rings is 1. The van der Waals surface area contributed by atoms with Gasteiger partial charge < -0.3 is 19.9 Å². The number of aliphatic hydroxyl groups is 1. The molecule has 1 amide bonds. The maximum atomic E-state index is 12.2. The third kappa shape index (κ3) is 4.13. The standard InChI is InChI=1S/C15H23NO4/c1-5-20-14-8-11(6-7-13(14)19-4)15(18)16-12(9-17)10(2)3/h6-8,10,12,17H,5,9H2,1-4H3,(H,16,18). The molecule has 0 aliphatic carbocycles. The summed E-state index contributed by atoms with van der Waals surface area (Å²) in [6, 6.07) is 4.75. The number of hydrogen-bond acceptors (Lipinski definition) is 4. The summed E-state index contributed by atoms with van der Waals surface area (Å²) < 4.78 is 10.6. The van der Waals surface area contributed by atoms with Gasteiger partial charge >= 0.3 is 0 Å². The molecular formula is C15H23NO4. The van der Waals surface area contributed by atoms with Crippen molar-refractivity contribution in [3.05, 3.63) is 23.8 Å². The van der Waals surface area contributed by atoms with Crippen LogP contribution >= 0.6 is 0 Å². The first-order valence-electron chi connectivity index (χ1n) is 6.76. The number of hydrogen-bond donors (Lipinski definition) is 2. The van der Waals surface area contributed by atoms with Gasteiger partial charge in [0.2, 0.25) is 0 Å². The molecule has 20 heavy (non-hydrogen) atoms. The molecular weight excluding hydrogens is 258 g/mol. The van der Waals surface area contributed by atoms with Gasteiger partial charge in [-0.1, -0.05) is 13.8 Å². The van der Waals surface area contributed by atoms with E-state index < -0.39 is 0 Å². The number of aliphatic hydroxyl groups excluding tert-OH is 1. The fourth-order valence-corrected chi connectivity index (χ4v) is 1.76. The number of carbonyl (C=O) groups is 1. The van der Waals surface area contributed by atoms with Gasteiger partial charge in [0.1, 0.15) is 0 Å². The van der Waals surface area contributed by atoms with Crippen LogP contribution in [0.4, 0.5) is 0 Å². The van der Waals surface area contributed by atoms with Crippen LogP contribution in [0, 0.1) is 5.92 Å². The van der Waals surface area contributed by atoms with Crippen LogP contribution in [0.15, 0.2) is 18.2 Å². The van der Waals surface area contributed by atoms with Crippen LogP contribution in [-0.2, 0) is 0 Å². The van der Waals surface area contributed by atoms with E-state index in [1.54, 1.807) is 25.3 Å². The highest BCUT2D eigenvalue weighted by Crippen LogP contribution is 2.28. The van der Waals surface area contributed by atoms with Gasteiger partial charge in [-0.05, 0) is 31.0 Å². The summed E-state index contributed by atoms with van der Waals surface area (Å²) >= 11 is 0. The molecule has 1 aromatic rings. The molecule has 0 spiro atoms. The van der Waals surface area contributed by atoms with E-state index in [0.29, 0.717) is 23.7 Å². The summed E-state index contributed by atoms with van der Waals surface area (Å²) in [6.07, 6.45) is 0. The van der Waals surface area contributed by atoms with Gasteiger partial charge in [-0.15, -0.1) is 0 Å². The highest BCUT2D eigenvalue weighted by atomic mass is 16.5. The molecule has 5 nitrogen and oxygen atoms in total. The first kappa shape index (κ1) is 16.3. The molecule has 0 fully saturated rings. The molecule has 0 aliphatic heterocycles. The first-order chi connectivity index (χ1) is 9.53. The lowest BCUT2D eigenvalue weighted by Gasteiger charge is -2.20. The Bertz CT molecular complexity index is 445. The van der Waals surface area contributed by atoms with E-state index in [-0.39, 0.29) is 24.5 Å². The highest BCUT2D eigenvalue weighted by Gasteiger charge is 2.17. The number of ether oxygens (including phenoxy) is 2. The average molecular weight is 281 g/mol. The highest BCUT2D eigenvalue weighted by molar-refractivity contribution is 5.95. The van der Waals surface area contributed by atoms with Gasteiger partial charge in [-0.25, -0.2) is 0 Å². The minimum atomic E-state index is -0.264. The Hall–Kier alpha value is -1.75. The third-order valence-electron chi connectivity index (χ3n) is 3.04. The fourth-order valence-electron chi connectivity index (χ4n) is 1.76. The van der Waals surface area contributed by atoms with Crippen molar-refractivity contribution in [1.29, 1.82) is 0 Å². The van der Waals surface area contributed by atoms with E-state index in [1.165, 1.54) is 0 Å². The van der Waals surface area contributed by atoms with Crippen LogP contribution in [-0.4, -0.2) is 37.4 Å². The second kappa shape index (κ2) is 7.75. The molecule has 0 radical (unpaired) electrons. The smallest absolute Gasteiger partial charge is 0.251 e. The number of rotatable bonds is 7. The molecule has 0 aliphatic rings. The van der Waals surface area contributed by atoms with Crippen LogP contribution in [0.1, 0.15) is 31.1 Å². The monoisotopic (exact) mass is 281 g/mol. The Kier molecular flexibility index (Phi) is 6.31. The number of nitrogens with one attached hydrogen (secondary N) is 1. The molecule has 1 unspecified atom stereocenters. The summed E-state index contributed by atoms with van der Waals surface area (Å²) in [7, 11) is 1.55. The van der Waals surface area contributed by atoms with E-state index in [4.69, 9.17) is 9.47 Å². The zero-order valence-electron chi connectivity index (χ0n) is 12.5. The molecule has 1 aromatic carbocycles. The Balaban J connectivity index is 2.90. The fraction of sp³-hybridized carbons (Fsp3) is 0.533. The lowest BCUT2D eigenvalue weighted by molar-refractivity contribution is 0.0896. The topological polar surface area (TPSA) is 67.8 Å². The number of methoxy groups -OCH3 is 1. The van der Waals surface area contributed by atoms with Crippen molar-refractivity contribution in [1.82, 2.24) is 5.32 Å². The average Bonchev–Trinajstić information content (AvgIpc) is 2.44. The normalized spacial score (nSPS) is 12.1. The van der Waals surface area contributed by atoms with E-state index in [0.717, 1.165) is 0 Å². The van der Waals surface area contributed by atoms with E-state index in [1.807, 2.05) is 20.8 Å². The Labute approximate surface area is 119 Å². The zero-order chi connectivity index (χ0) is 15.1. The lowest BCUT2D eigenvalue weighted by atomic mass is 10.0. The Morgan fingerprint density at radius 3 is 2.55 bits per heavy atom. The van der Waals surface area contributed by atoms with E-state index in [9.17, 15) is 9.90 Å². The lowest BCUT2D eigenvalue weighted by Crippen LogP contribution is -2.41. The van der Waals surface area contributed by atoms with Crippen LogP contribution in [0.3, 0.4) is 0 Å². The molecule has 2 N–H and O–H groups in total. The predicted molar refractivity (Wildman–Crippen MR) is 77.3 cm³/mol. The SMILES string of the molecule is CCOc1cc(C(=O)NC(CO)C(C)C)ccc1OC. The predicted octanol–water partition coefficient (Wildman–Crippen LogP) is 1.84. The molecule has 0 heterocycles. The summed E-state index contributed by atoms with van der Waals surface area (Å²) in [4.78, 5) is 12.2. The molecule has 5 heteroatoms. The minimum Gasteiger partial charge on any atom is -0.493 e. The van der Waals surface area contributed by atoms with Crippen LogP contribution in [0.25, 0.3) is 0 Å². The number of carbonyl (C=O) groups excluding carboxylic acids is 1.